The Kier molecular flexibility index (Phi) is 8.80. The van der Waals surface area contributed by atoms with Gasteiger partial charge in [0.05, 0.1) is 0 Å². The normalized spacial score (nSPS) is 17.7. The van der Waals surface area contributed by atoms with Gasteiger partial charge in [-0.25, -0.2) is 4.79 Å². The van der Waals surface area contributed by atoms with Crippen molar-refractivity contribution in [1.82, 2.24) is 0 Å². The highest BCUT2D eigenvalue weighted by molar-refractivity contribution is 5.63. The van der Waals surface area contributed by atoms with Crippen LogP contribution in [0.15, 0.2) is 36.4 Å². The fourth-order valence-corrected chi connectivity index (χ4v) is 6.21. The molecule has 0 aliphatic heterocycles. The summed E-state index contributed by atoms with van der Waals surface area (Å²) >= 11 is 0. The van der Waals surface area contributed by atoms with E-state index < -0.39 is 17.4 Å². The van der Waals surface area contributed by atoms with Crippen LogP contribution >= 0.6 is 0 Å². The minimum atomic E-state index is -0.533. The Labute approximate surface area is 219 Å². The molecule has 2 aromatic rings. The van der Waals surface area contributed by atoms with Crippen molar-refractivity contribution in [2.75, 3.05) is 0 Å². The summed E-state index contributed by atoms with van der Waals surface area (Å²) in [5.41, 5.74) is 6.77. The minimum Gasteiger partial charge on any atom is -0.423 e. The number of hydrogen-bond acceptors (Lipinski definition) is 3. The lowest BCUT2D eigenvalue weighted by atomic mass is 9.72. The Morgan fingerprint density at radius 1 is 0.639 bits per heavy atom. The predicted molar refractivity (Wildman–Crippen MR) is 147 cm³/mol. The highest BCUT2D eigenvalue weighted by Gasteiger charge is 2.48. The van der Waals surface area contributed by atoms with Crippen LogP contribution in [-0.2, 0) is 46.4 Å². The number of ether oxygens (including phenoxy) is 2. The molecular formula is C33H46O3. The van der Waals surface area contributed by atoms with Crippen molar-refractivity contribution in [2.24, 2.45) is 0 Å². The van der Waals surface area contributed by atoms with Crippen LogP contribution in [0.4, 0.5) is 4.79 Å². The molecule has 0 saturated heterocycles. The lowest BCUT2D eigenvalue weighted by molar-refractivity contribution is -0.136. The van der Waals surface area contributed by atoms with Crippen LogP contribution in [0.2, 0.25) is 0 Å². The van der Waals surface area contributed by atoms with E-state index in [1.165, 1.54) is 33.4 Å². The molecule has 0 heterocycles. The third-order valence-electron chi connectivity index (χ3n) is 8.32. The molecule has 196 valence electrons. The van der Waals surface area contributed by atoms with Crippen LogP contribution in [0.1, 0.15) is 125 Å². The summed E-state index contributed by atoms with van der Waals surface area (Å²) < 4.78 is 12.6. The molecule has 0 unspecified atom stereocenters. The first-order valence-corrected chi connectivity index (χ1v) is 14.7. The molecule has 0 atom stereocenters. The second-order valence-electron chi connectivity index (χ2n) is 11.1. The molecule has 2 saturated carbocycles. The van der Waals surface area contributed by atoms with E-state index in [-0.39, 0.29) is 0 Å². The van der Waals surface area contributed by atoms with Gasteiger partial charge >= 0.3 is 6.16 Å². The van der Waals surface area contributed by atoms with Gasteiger partial charge in [-0.05, 0) is 97.6 Å². The van der Waals surface area contributed by atoms with Gasteiger partial charge < -0.3 is 9.47 Å². The van der Waals surface area contributed by atoms with E-state index >= 15 is 0 Å². The second kappa shape index (κ2) is 11.8. The second-order valence-corrected chi connectivity index (χ2v) is 11.1. The number of aryl methyl sites for hydroxylation is 4. The molecule has 2 aliphatic carbocycles. The Hall–Kier alpha value is -2.29. The lowest BCUT2D eigenvalue weighted by Gasteiger charge is -2.45. The molecule has 0 radical (unpaired) electrons. The first kappa shape index (κ1) is 26.8. The molecule has 3 nitrogen and oxygen atoms in total. The zero-order chi connectivity index (χ0) is 25.6. The predicted octanol–water partition coefficient (Wildman–Crippen LogP) is 9.11. The molecular weight excluding hydrogens is 444 g/mol. The van der Waals surface area contributed by atoms with E-state index in [2.05, 4.69) is 64.1 Å². The monoisotopic (exact) mass is 490 g/mol. The average molecular weight is 491 g/mol. The number of hydrogen-bond donors (Lipinski definition) is 0. The highest BCUT2D eigenvalue weighted by atomic mass is 16.7. The summed E-state index contributed by atoms with van der Waals surface area (Å²) in [7, 11) is 0. The van der Waals surface area contributed by atoms with E-state index in [4.69, 9.17) is 9.47 Å². The maximum absolute atomic E-state index is 13.4. The van der Waals surface area contributed by atoms with Gasteiger partial charge in [-0.3, -0.25) is 0 Å². The molecule has 0 aromatic heterocycles. The van der Waals surface area contributed by atoms with E-state index in [0.29, 0.717) is 0 Å². The minimum absolute atomic E-state index is 0.491. The SMILES string of the molecule is CCCc1ccc(C2(OC(=O)OC3(c4ccc(CCC)cc4CCC)CCC3)CCC2)c(CCC)c1. The summed E-state index contributed by atoms with van der Waals surface area (Å²) in [4.78, 5) is 13.4. The van der Waals surface area contributed by atoms with Crippen molar-refractivity contribution in [2.45, 2.75) is 129 Å². The quantitative estimate of drug-likeness (QED) is 0.278. The van der Waals surface area contributed by atoms with Crippen molar-refractivity contribution in [3.05, 3.63) is 69.8 Å². The maximum Gasteiger partial charge on any atom is 0.510 e. The van der Waals surface area contributed by atoms with E-state index in [1.54, 1.807) is 0 Å². The lowest BCUT2D eigenvalue weighted by Crippen LogP contribution is -2.45. The molecule has 0 amide bonds. The van der Waals surface area contributed by atoms with E-state index in [1.807, 2.05) is 0 Å². The van der Waals surface area contributed by atoms with Gasteiger partial charge in [-0.2, -0.15) is 0 Å². The molecule has 0 bridgehead atoms. The smallest absolute Gasteiger partial charge is 0.423 e. The first-order chi connectivity index (χ1) is 17.5. The molecule has 2 fully saturated rings. The van der Waals surface area contributed by atoms with Crippen molar-refractivity contribution in [3.8, 4) is 0 Å². The number of rotatable bonds is 12. The fraction of sp³-hybridized carbons (Fsp3) is 0.606. The van der Waals surface area contributed by atoms with Crippen LogP contribution < -0.4 is 0 Å². The highest BCUT2D eigenvalue weighted by Crippen LogP contribution is 2.50. The van der Waals surface area contributed by atoms with Crippen LogP contribution in [-0.4, -0.2) is 6.16 Å². The topological polar surface area (TPSA) is 35.5 Å². The number of carbonyl (C=O) groups excluding carboxylic acids is 1. The van der Waals surface area contributed by atoms with Crippen LogP contribution in [0, 0.1) is 0 Å². The Bertz CT molecular complexity index is 948. The third-order valence-corrected chi connectivity index (χ3v) is 8.32. The molecule has 36 heavy (non-hydrogen) atoms. The summed E-state index contributed by atoms with van der Waals surface area (Å²) in [5.74, 6) is 0. The standard InChI is InChI=1S/C33H46O3/c1-5-11-25-15-17-29(27(23-25)13-7-3)32(19-9-20-32)35-31(34)36-33(21-10-22-33)30-18-16-26(12-6-2)24-28(30)14-8-4/h15-18,23-24H,5-14,19-22H2,1-4H3. The fourth-order valence-electron chi connectivity index (χ4n) is 6.21. The molecule has 2 aliphatic rings. The average Bonchev–Trinajstić information content (AvgIpc) is 2.81. The number of benzene rings is 2. The largest absolute Gasteiger partial charge is 0.510 e. The van der Waals surface area contributed by atoms with Gasteiger partial charge in [-0.15, -0.1) is 0 Å². The summed E-state index contributed by atoms with van der Waals surface area (Å²) in [6.07, 6.45) is 13.9. The molecule has 3 heteroatoms. The van der Waals surface area contributed by atoms with Gasteiger partial charge in [0.2, 0.25) is 0 Å². The van der Waals surface area contributed by atoms with Gasteiger partial charge in [0.1, 0.15) is 11.2 Å². The molecule has 0 N–H and O–H groups in total. The molecule has 0 spiro atoms. The Morgan fingerprint density at radius 2 is 1.03 bits per heavy atom. The Balaban J connectivity index is 1.57. The van der Waals surface area contributed by atoms with Crippen LogP contribution in [0.25, 0.3) is 0 Å². The summed E-state index contributed by atoms with van der Waals surface area (Å²) in [6, 6.07) is 13.6. The third kappa shape index (κ3) is 5.50. The van der Waals surface area contributed by atoms with Gasteiger partial charge in [0.15, 0.2) is 0 Å². The van der Waals surface area contributed by atoms with Crippen molar-refractivity contribution < 1.29 is 14.3 Å². The zero-order valence-corrected chi connectivity index (χ0v) is 23.1. The van der Waals surface area contributed by atoms with Crippen LogP contribution in [0.3, 0.4) is 0 Å². The van der Waals surface area contributed by atoms with Crippen LogP contribution in [0.5, 0.6) is 0 Å². The van der Waals surface area contributed by atoms with E-state index in [9.17, 15) is 4.79 Å². The van der Waals surface area contributed by atoms with Gasteiger partial charge in [0, 0.05) is 0 Å². The summed E-state index contributed by atoms with van der Waals surface area (Å²) in [6.45, 7) is 8.89. The summed E-state index contributed by atoms with van der Waals surface area (Å²) in [5, 5.41) is 0. The van der Waals surface area contributed by atoms with Crippen molar-refractivity contribution in [1.29, 1.82) is 0 Å². The first-order valence-electron chi connectivity index (χ1n) is 14.7. The van der Waals surface area contributed by atoms with Gasteiger partial charge in [0.25, 0.3) is 0 Å². The van der Waals surface area contributed by atoms with E-state index in [0.717, 1.165) is 89.9 Å². The van der Waals surface area contributed by atoms with Gasteiger partial charge in [-0.1, -0.05) is 89.8 Å². The number of carbonyl (C=O) groups is 1. The zero-order valence-electron chi connectivity index (χ0n) is 23.1. The molecule has 4 rings (SSSR count). The Morgan fingerprint density at radius 3 is 1.33 bits per heavy atom. The van der Waals surface area contributed by atoms with Crippen molar-refractivity contribution >= 4 is 6.16 Å². The van der Waals surface area contributed by atoms with Crippen molar-refractivity contribution in [3.63, 3.8) is 0 Å². The maximum atomic E-state index is 13.4. The molecule has 2 aromatic carbocycles.